The second-order valence-electron chi connectivity index (χ2n) is 4.47. The summed E-state index contributed by atoms with van der Waals surface area (Å²) in [5.74, 6) is -0.178. The maximum absolute atomic E-state index is 13.3. The van der Waals surface area contributed by atoms with Crippen molar-refractivity contribution in [2.45, 2.75) is 26.7 Å². The molecule has 0 heterocycles. The highest BCUT2D eigenvalue weighted by atomic mass is 19.1. The summed E-state index contributed by atoms with van der Waals surface area (Å²) in [5.41, 5.74) is 0.645. The van der Waals surface area contributed by atoms with E-state index in [1.807, 2.05) is 0 Å². The fourth-order valence-electron chi connectivity index (χ4n) is 1.93. The Morgan fingerprint density at radius 1 is 1.26 bits per heavy atom. The van der Waals surface area contributed by atoms with Gasteiger partial charge < -0.3 is 10.2 Å². The molecular formula is C15H23FN2O. The standard InChI is InChI=1S/C15H23FN2O/c1-3-18(4-2)12-10-15(19)17-11-9-13-7-5-6-8-14(13)16/h5-8H,3-4,9-12H2,1-2H3,(H,17,19). The van der Waals surface area contributed by atoms with Gasteiger partial charge in [0, 0.05) is 19.5 Å². The van der Waals surface area contributed by atoms with Crippen LogP contribution in [0.25, 0.3) is 0 Å². The Hall–Kier alpha value is -1.42. The average molecular weight is 266 g/mol. The summed E-state index contributed by atoms with van der Waals surface area (Å²) >= 11 is 0. The summed E-state index contributed by atoms with van der Waals surface area (Å²) in [6.07, 6.45) is 1.03. The highest BCUT2D eigenvalue weighted by molar-refractivity contribution is 5.76. The van der Waals surface area contributed by atoms with Gasteiger partial charge in [0.25, 0.3) is 0 Å². The van der Waals surface area contributed by atoms with Gasteiger partial charge in [-0.1, -0.05) is 32.0 Å². The van der Waals surface area contributed by atoms with Crippen molar-refractivity contribution in [1.82, 2.24) is 10.2 Å². The quantitative estimate of drug-likeness (QED) is 0.782. The fourth-order valence-corrected chi connectivity index (χ4v) is 1.93. The van der Waals surface area contributed by atoms with E-state index in [0.717, 1.165) is 19.6 Å². The Morgan fingerprint density at radius 2 is 1.95 bits per heavy atom. The summed E-state index contributed by atoms with van der Waals surface area (Å²) < 4.78 is 13.3. The van der Waals surface area contributed by atoms with Gasteiger partial charge in [0.15, 0.2) is 0 Å². The minimum absolute atomic E-state index is 0.0308. The van der Waals surface area contributed by atoms with Gasteiger partial charge in [0.1, 0.15) is 5.82 Å². The molecule has 0 saturated heterocycles. The molecule has 0 radical (unpaired) electrons. The van der Waals surface area contributed by atoms with Gasteiger partial charge in [-0.3, -0.25) is 4.79 Å². The van der Waals surface area contributed by atoms with Crippen LogP contribution in [0.1, 0.15) is 25.8 Å². The van der Waals surface area contributed by atoms with Gasteiger partial charge in [0.2, 0.25) is 5.91 Å². The number of benzene rings is 1. The first-order chi connectivity index (χ1) is 9.17. The van der Waals surface area contributed by atoms with Crippen LogP contribution in [-0.2, 0) is 11.2 Å². The van der Waals surface area contributed by atoms with Crippen molar-refractivity contribution in [3.05, 3.63) is 35.6 Å². The van der Waals surface area contributed by atoms with Gasteiger partial charge >= 0.3 is 0 Å². The second kappa shape index (κ2) is 8.64. The molecule has 0 aliphatic carbocycles. The maximum atomic E-state index is 13.3. The number of amides is 1. The summed E-state index contributed by atoms with van der Waals surface area (Å²) in [7, 11) is 0. The first-order valence-electron chi connectivity index (χ1n) is 6.89. The zero-order chi connectivity index (χ0) is 14.1. The monoisotopic (exact) mass is 266 g/mol. The topological polar surface area (TPSA) is 32.3 Å². The van der Waals surface area contributed by atoms with Gasteiger partial charge in [0.05, 0.1) is 0 Å². The van der Waals surface area contributed by atoms with Crippen molar-refractivity contribution >= 4 is 5.91 Å². The van der Waals surface area contributed by atoms with Gasteiger partial charge in [-0.25, -0.2) is 4.39 Å². The molecule has 0 aromatic heterocycles. The molecule has 0 unspecified atom stereocenters. The normalized spacial score (nSPS) is 10.7. The molecule has 0 aliphatic heterocycles. The molecular weight excluding hydrogens is 243 g/mol. The molecule has 106 valence electrons. The van der Waals surface area contributed by atoms with Gasteiger partial charge in [-0.2, -0.15) is 0 Å². The van der Waals surface area contributed by atoms with Crippen molar-refractivity contribution in [2.75, 3.05) is 26.2 Å². The lowest BCUT2D eigenvalue weighted by Gasteiger charge is -2.17. The molecule has 1 amide bonds. The van der Waals surface area contributed by atoms with Crippen LogP contribution in [0, 0.1) is 5.82 Å². The second-order valence-corrected chi connectivity index (χ2v) is 4.47. The Balaban J connectivity index is 2.22. The number of carbonyl (C=O) groups is 1. The maximum Gasteiger partial charge on any atom is 0.221 e. The van der Waals surface area contributed by atoms with E-state index in [2.05, 4.69) is 24.1 Å². The Kier molecular flexibility index (Phi) is 7.11. The van der Waals surface area contributed by atoms with Crippen molar-refractivity contribution in [2.24, 2.45) is 0 Å². The van der Waals surface area contributed by atoms with Gasteiger partial charge in [-0.05, 0) is 31.1 Å². The molecule has 0 fully saturated rings. The summed E-state index contributed by atoms with van der Waals surface area (Å²) in [4.78, 5) is 13.8. The predicted molar refractivity (Wildman–Crippen MR) is 75.5 cm³/mol. The van der Waals surface area contributed by atoms with Crippen LogP contribution >= 0.6 is 0 Å². The lowest BCUT2D eigenvalue weighted by Crippen LogP contribution is -2.31. The van der Waals surface area contributed by atoms with Crippen molar-refractivity contribution in [3.63, 3.8) is 0 Å². The molecule has 4 heteroatoms. The van der Waals surface area contributed by atoms with E-state index in [4.69, 9.17) is 0 Å². The zero-order valence-electron chi connectivity index (χ0n) is 11.8. The molecule has 0 atom stereocenters. The van der Waals surface area contributed by atoms with E-state index in [0.29, 0.717) is 24.9 Å². The molecule has 0 spiro atoms. The van der Waals surface area contributed by atoms with E-state index >= 15 is 0 Å². The third-order valence-corrected chi connectivity index (χ3v) is 3.22. The van der Waals surface area contributed by atoms with Crippen molar-refractivity contribution < 1.29 is 9.18 Å². The number of nitrogens with zero attached hydrogens (tertiary/aromatic N) is 1. The SMILES string of the molecule is CCN(CC)CCC(=O)NCCc1ccccc1F. The fraction of sp³-hybridized carbons (Fsp3) is 0.533. The van der Waals surface area contributed by atoms with Crippen molar-refractivity contribution in [1.29, 1.82) is 0 Å². The van der Waals surface area contributed by atoms with E-state index in [9.17, 15) is 9.18 Å². The van der Waals surface area contributed by atoms with Crippen LogP contribution in [0.5, 0.6) is 0 Å². The van der Waals surface area contributed by atoms with Crippen LogP contribution in [0.4, 0.5) is 4.39 Å². The number of rotatable bonds is 8. The molecule has 0 saturated carbocycles. The first-order valence-corrected chi connectivity index (χ1v) is 6.89. The number of carbonyl (C=O) groups excluding carboxylic acids is 1. The average Bonchev–Trinajstić information content (AvgIpc) is 2.42. The highest BCUT2D eigenvalue weighted by Gasteiger charge is 2.05. The van der Waals surface area contributed by atoms with Crippen molar-refractivity contribution in [3.8, 4) is 0 Å². The first kappa shape index (κ1) is 15.6. The third kappa shape index (κ3) is 5.83. The lowest BCUT2D eigenvalue weighted by molar-refractivity contribution is -0.121. The molecule has 19 heavy (non-hydrogen) atoms. The third-order valence-electron chi connectivity index (χ3n) is 3.22. The molecule has 1 rings (SSSR count). The van der Waals surface area contributed by atoms with Crippen LogP contribution < -0.4 is 5.32 Å². The van der Waals surface area contributed by atoms with Crippen LogP contribution in [0.2, 0.25) is 0 Å². The highest BCUT2D eigenvalue weighted by Crippen LogP contribution is 2.06. The van der Waals surface area contributed by atoms with Crippen LogP contribution in [0.15, 0.2) is 24.3 Å². The number of nitrogens with one attached hydrogen (secondary N) is 1. The number of halogens is 1. The van der Waals surface area contributed by atoms with E-state index in [1.54, 1.807) is 18.2 Å². The van der Waals surface area contributed by atoms with Crippen LogP contribution in [-0.4, -0.2) is 37.0 Å². The Bertz CT molecular complexity index is 391. The summed E-state index contributed by atoms with van der Waals surface area (Å²) in [5, 5.41) is 2.83. The smallest absolute Gasteiger partial charge is 0.221 e. The molecule has 0 aliphatic rings. The minimum atomic E-state index is -0.208. The van der Waals surface area contributed by atoms with E-state index in [1.165, 1.54) is 6.07 Å². The summed E-state index contributed by atoms with van der Waals surface area (Å²) in [6, 6.07) is 6.66. The number of hydrogen-bond acceptors (Lipinski definition) is 2. The Labute approximate surface area is 114 Å². The lowest BCUT2D eigenvalue weighted by atomic mass is 10.1. The van der Waals surface area contributed by atoms with E-state index in [-0.39, 0.29) is 11.7 Å². The summed E-state index contributed by atoms with van der Waals surface area (Å²) in [6.45, 7) is 7.34. The van der Waals surface area contributed by atoms with Crippen LogP contribution in [0.3, 0.4) is 0 Å². The predicted octanol–water partition coefficient (Wildman–Crippen LogP) is 2.22. The van der Waals surface area contributed by atoms with Gasteiger partial charge in [-0.15, -0.1) is 0 Å². The molecule has 1 aromatic rings. The molecule has 3 nitrogen and oxygen atoms in total. The largest absolute Gasteiger partial charge is 0.356 e. The molecule has 1 aromatic carbocycles. The molecule has 1 N–H and O–H groups in total. The zero-order valence-corrected chi connectivity index (χ0v) is 11.8. The minimum Gasteiger partial charge on any atom is -0.356 e. The Morgan fingerprint density at radius 3 is 2.58 bits per heavy atom. The van der Waals surface area contributed by atoms with E-state index < -0.39 is 0 Å². The molecule has 0 bridgehead atoms. The number of hydrogen-bond donors (Lipinski definition) is 1.